The second kappa shape index (κ2) is 2.62. The van der Waals surface area contributed by atoms with Crippen LogP contribution >= 0.6 is 0 Å². The zero-order chi connectivity index (χ0) is 9.00. The molecule has 0 saturated heterocycles. The molecule has 4 rings (SSSR count). The molecule has 0 aromatic rings. The maximum atomic E-state index is 2.42. The fraction of sp³-hybridized carbons (Fsp3) is 0.846. The topological polar surface area (TPSA) is 0 Å². The van der Waals surface area contributed by atoms with Gasteiger partial charge in [0.25, 0.3) is 0 Å². The Morgan fingerprint density at radius 2 is 1.92 bits per heavy atom. The summed E-state index contributed by atoms with van der Waals surface area (Å²) in [5.41, 5.74) is 1.50. The molecule has 3 unspecified atom stereocenters. The van der Waals surface area contributed by atoms with E-state index in [1.165, 1.54) is 36.2 Å². The molecule has 0 aromatic carbocycles. The molecule has 0 amide bonds. The largest absolute Gasteiger partial charge is 0.0859 e. The van der Waals surface area contributed by atoms with Gasteiger partial charge in [0, 0.05) is 0 Å². The van der Waals surface area contributed by atoms with Crippen molar-refractivity contribution in [2.75, 3.05) is 0 Å². The van der Waals surface area contributed by atoms with Gasteiger partial charge < -0.3 is 0 Å². The second-order valence-electron chi connectivity index (χ2n) is 5.66. The molecule has 4 saturated carbocycles. The first-order chi connectivity index (χ1) is 6.27. The first-order valence-electron chi connectivity index (χ1n) is 5.90. The van der Waals surface area contributed by atoms with Gasteiger partial charge in [0.05, 0.1) is 0 Å². The standard InChI is InChI=1S/C13H20/c1-8(2)4-3-5-10-9-6-11-12(7-9)13(10)11/h4,9-13H,3,5-7H2,1-2H3/t9?,10-,11+,12?,13?/m1/s1. The van der Waals surface area contributed by atoms with E-state index in [1.54, 1.807) is 12.8 Å². The molecule has 0 aromatic heterocycles. The quantitative estimate of drug-likeness (QED) is 0.576. The maximum absolute atomic E-state index is 2.42. The minimum atomic E-state index is 1.14. The van der Waals surface area contributed by atoms with Gasteiger partial charge in [-0.2, -0.15) is 0 Å². The highest BCUT2D eigenvalue weighted by Crippen LogP contribution is 2.74. The van der Waals surface area contributed by atoms with Crippen LogP contribution in [-0.2, 0) is 0 Å². The van der Waals surface area contributed by atoms with E-state index in [1.807, 2.05) is 0 Å². The third-order valence-corrected chi connectivity index (χ3v) is 4.70. The lowest BCUT2D eigenvalue weighted by atomic mass is 9.93. The molecule has 4 aliphatic carbocycles. The van der Waals surface area contributed by atoms with Gasteiger partial charge in [-0.3, -0.25) is 0 Å². The van der Waals surface area contributed by atoms with Gasteiger partial charge in [0.15, 0.2) is 0 Å². The van der Waals surface area contributed by atoms with Gasteiger partial charge in [0.2, 0.25) is 0 Å². The summed E-state index contributed by atoms with van der Waals surface area (Å²) in [6, 6.07) is 0. The Morgan fingerprint density at radius 3 is 2.38 bits per heavy atom. The van der Waals surface area contributed by atoms with E-state index in [0.717, 1.165) is 11.8 Å². The molecular weight excluding hydrogens is 156 g/mol. The van der Waals surface area contributed by atoms with Crippen LogP contribution in [0.1, 0.15) is 39.5 Å². The summed E-state index contributed by atoms with van der Waals surface area (Å²) in [5, 5.41) is 0. The molecule has 72 valence electrons. The Balaban J connectivity index is 1.55. The van der Waals surface area contributed by atoms with Gasteiger partial charge in [-0.15, -0.1) is 0 Å². The molecule has 4 bridgehead atoms. The molecule has 0 heterocycles. The minimum absolute atomic E-state index is 1.14. The van der Waals surface area contributed by atoms with Gasteiger partial charge in [0.1, 0.15) is 0 Å². The Labute approximate surface area is 81.4 Å². The number of hydrogen-bond donors (Lipinski definition) is 0. The van der Waals surface area contributed by atoms with Crippen molar-refractivity contribution >= 4 is 0 Å². The molecule has 5 atom stereocenters. The SMILES string of the molecule is CC(C)=CCC[C@@H]1C2CC3C1[C@H]3C2. The highest BCUT2D eigenvalue weighted by Gasteiger charge is 2.67. The lowest BCUT2D eigenvalue weighted by molar-refractivity contribution is 0.387. The molecule has 0 heteroatoms. The Bertz CT molecular complexity index is 233. The summed E-state index contributed by atoms with van der Waals surface area (Å²) in [6.45, 7) is 4.43. The number of hydrogen-bond acceptors (Lipinski definition) is 0. The summed E-state index contributed by atoms with van der Waals surface area (Å²) in [4.78, 5) is 0. The van der Waals surface area contributed by atoms with E-state index < -0.39 is 0 Å². The number of rotatable bonds is 3. The van der Waals surface area contributed by atoms with Crippen LogP contribution in [0.15, 0.2) is 11.6 Å². The second-order valence-corrected chi connectivity index (χ2v) is 5.66. The highest BCUT2D eigenvalue weighted by atomic mass is 14.7. The van der Waals surface area contributed by atoms with Crippen molar-refractivity contribution < 1.29 is 0 Å². The summed E-state index contributed by atoms with van der Waals surface area (Å²) in [6.07, 6.45) is 8.48. The van der Waals surface area contributed by atoms with E-state index in [2.05, 4.69) is 19.9 Å². The molecule has 4 aliphatic rings. The van der Waals surface area contributed by atoms with Crippen molar-refractivity contribution in [1.29, 1.82) is 0 Å². The Morgan fingerprint density at radius 1 is 1.23 bits per heavy atom. The minimum Gasteiger partial charge on any atom is -0.0859 e. The lowest BCUT2D eigenvalue weighted by Crippen LogP contribution is -2.03. The normalized spacial score (nSPS) is 49.5. The van der Waals surface area contributed by atoms with Crippen LogP contribution in [0.2, 0.25) is 0 Å². The van der Waals surface area contributed by atoms with Crippen LogP contribution < -0.4 is 0 Å². The zero-order valence-electron chi connectivity index (χ0n) is 8.79. The number of allylic oxidation sites excluding steroid dienone is 2. The van der Waals surface area contributed by atoms with E-state index in [0.29, 0.717) is 0 Å². The third kappa shape index (κ3) is 1.11. The van der Waals surface area contributed by atoms with E-state index in [9.17, 15) is 0 Å². The Hall–Kier alpha value is -0.260. The van der Waals surface area contributed by atoms with Crippen molar-refractivity contribution in [3.8, 4) is 0 Å². The van der Waals surface area contributed by atoms with Crippen LogP contribution in [0.4, 0.5) is 0 Å². The van der Waals surface area contributed by atoms with Crippen LogP contribution in [0, 0.1) is 29.6 Å². The molecule has 0 N–H and O–H groups in total. The van der Waals surface area contributed by atoms with Gasteiger partial charge in [-0.1, -0.05) is 11.6 Å². The third-order valence-electron chi connectivity index (χ3n) is 4.70. The predicted molar refractivity (Wildman–Crippen MR) is 55.3 cm³/mol. The first-order valence-corrected chi connectivity index (χ1v) is 5.90. The molecule has 0 radical (unpaired) electrons. The smallest absolute Gasteiger partial charge is 0.0321 e. The van der Waals surface area contributed by atoms with Gasteiger partial charge in [-0.25, -0.2) is 0 Å². The van der Waals surface area contributed by atoms with Crippen molar-refractivity contribution in [1.82, 2.24) is 0 Å². The van der Waals surface area contributed by atoms with Crippen molar-refractivity contribution in [2.45, 2.75) is 39.5 Å². The fourth-order valence-corrected chi connectivity index (χ4v) is 4.23. The van der Waals surface area contributed by atoms with Crippen LogP contribution in [0.5, 0.6) is 0 Å². The average molecular weight is 176 g/mol. The summed E-state index contributed by atoms with van der Waals surface area (Å²) in [5.74, 6) is 5.93. The van der Waals surface area contributed by atoms with E-state index in [-0.39, 0.29) is 0 Å². The van der Waals surface area contributed by atoms with Gasteiger partial charge in [-0.05, 0) is 69.1 Å². The molecule has 0 nitrogen and oxygen atoms in total. The monoisotopic (exact) mass is 176 g/mol. The van der Waals surface area contributed by atoms with Crippen LogP contribution in [-0.4, -0.2) is 0 Å². The van der Waals surface area contributed by atoms with Crippen molar-refractivity contribution in [3.63, 3.8) is 0 Å². The first kappa shape index (κ1) is 8.08. The van der Waals surface area contributed by atoms with Gasteiger partial charge >= 0.3 is 0 Å². The molecular formula is C13H20. The molecule has 0 spiro atoms. The summed E-state index contributed by atoms with van der Waals surface area (Å²) in [7, 11) is 0. The summed E-state index contributed by atoms with van der Waals surface area (Å²) < 4.78 is 0. The predicted octanol–water partition coefficient (Wildman–Crippen LogP) is 3.63. The Kier molecular flexibility index (Phi) is 1.63. The highest BCUT2D eigenvalue weighted by molar-refractivity contribution is 5.16. The molecule has 4 fully saturated rings. The average Bonchev–Trinajstić information content (AvgIpc) is 2.53. The fourth-order valence-electron chi connectivity index (χ4n) is 4.23. The molecule has 0 aliphatic heterocycles. The maximum Gasteiger partial charge on any atom is -0.0321 e. The lowest BCUT2D eigenvalue weighted by Gasteiger charge is -2.12. The summed E-state index contributed by atoms with van der Waals surface area (Å²) >= 11 is 0. The van der Waals surface area contributed by atoms with E-state index in [4.69, 9.17) is 0 Å². The van der Waals surface area contributed by atoms with Crippen LogP contribution in [0.3, 0.4) is 0 Å². The van der Waals surface area contributed by atoms with E-state index >= 15 is 0 Å². The molecule has 13 heavy (non-hydrogen) atoms. The van der Waals surface area contributed by atoms with Crippen LogP contribution in [0.25, 0.3) is 0 Å². The van der Waals surface area contributed by atoms with Crippen molar-refractivity contribution in [2.24, 2.45) is 29.6 Å². The zero-order valence-corrected chi connectivity index (χ0v) is 8.79. The van der Waals surface area contributed by atoms with Crippen molar-refractivity contribution in [3.05, 3.63) is 11.6 Å².